The van der Waals surface area contributed by atoms with Gasteiger partial charge in [0.25, 0.3) is 11.1 Å². The van der Waals surface area contributed by atoms with Crippen LogP contribution in [0.5, 0.6) is 5.75 Å². The molecule has 0 unspecified atom stereocenters. The molecule has 0 aliphatic carbocycles. The summed E-state index contributed by atoms with van der Waals surface area (Å²) < 4.78 is 10.3. The zero-order valence-corrected chi connectivity index (χ0v) is 14.6. The van der Waals surface area contributed by atoms with E-state index >= 15 is 0 Å². The molecule has 0 N–H and O–H groups in total. The molecule has 7 heteroatoms. The van der Waals surface area contributed by atoms with Crippen molar-refractivity contribution in [3.05, 3.63) is 34.7 Å². The monoisotopic (exact) mass is 349 g/mol. The molecule has 0 atom stereocenters. The second-order valence-electron chi connectivity index (χ2n) is 5.31. The Labute approximate surface area is 144 Å². The quantitative estimate of drug-likeness (QED) is 0.580. The normalized spacial score (nSPS) is 16.2. The highest BCUT2D eigenvalue weighted by Gasteiger charge is 2.36. The first-order valence-corrected chi connectivity index (χ1v) is 8.40. The maximum atomic E-state index is 12.3. The van der Waals surface area contributed by atoms with Gasteiger partial charge >= 0.3 is 5.97 Å². The maximum absolute atomic E-state index is 12.3. The summed E-state index contributed by atoms with van der Waals surface area (Å²) in [6.45, 7) is 5.38. The highest BCUT2D eigenvalue weighted by molar-refractivity contribution is 8.18. The predicted molar refractivity (Wildman–Crippen MR) is 91.5 cm³/mol. The molecule has 1 aliphatic heterocycles. The minimum Gasteiger partial charge on any atom is -0.491 e. The van der Waals surface area contributed by atoms with E-state index in [4.69, 9.17) is 9.47 Å². The topological polar surface area (TPSA) is 72.9 Å². The molecule has 24 heavy (non-hydrogen) atoms. The molecule has 0 spiro atoms. The van der Waals surface area contributed by atoms with Crippen molar-refractivity contribution in [1.29, 1.82) is 0 Å². The van der Waals surface area contributed by atoms with E-state index in [1.165, 1.54) is 0 Å². The molecular weight excluding hydrogens is 330 g/mol. The van der Waals surface area contributed by atoms with Gasteiger partial charge in [-0.3, -0.25) is 19.3 Å². The number of imide groups is 1. The molecule has 0 aromatic heterocycles. The van der Waals surface area contributed by atoms with Crippen molar-refractivity contribution < 1.29 is 23.9 Å². The van der Waals surface area contributed by atoms with Crippen molar-refractivity contribution in [2.24, 2.45) is 0 Å². The second kappa shape index (κ2) is 8.01. The third-order valence-electron chi connectivity index (χ3n) is 3.02. The van der Waals surface area contributed by atoms with Crippen LogP contribution in [0, 0.1) is 0 Å². The van der Waals surface area contributed by atoms with Gasteiger partial charge in [-0.15, -0.1) is 0 Å². The van der Waals surface area contributed by atoms with Gasteiger partial charge in [-0.05, 0) is 56.3 Å². The van der Waals surface area contributed by atoms with E-state index in [0.29, 0.717) is 0 Å². The van der Waals surface area contributed by atoms with E-state index in [9.17, 15) is 14.4 Å². The first kappa shape index (κ1) is 18.1. The zero-order valence-electron chi connectivity index (χ0n) is 13.8. The maximum Gasteiger partial charge on any atom is 0.326 e. The van der Waals surface area contributed by atoms with Crippen molar-refractivity contribution in [3.8, 4) is 5.75 Å². The first-order valence-electron chi connectivity index (χ1n) is 7.58. The molecule has 2 rings (SSSR count). The van der Waals surface area contributed by atoms with Crippen molar-refractivity contribution in [3.63, 3.8) is 0 Å². The number of amides is 2. The molecule has 1 aliphatic rings. The van der Waals surface area contributed by atoms with E-state index < -0.39 is 17.1 Å². The van der Waals surface area contributed by atoms with Crippen LogP contribution in [0.1, 0.15) is 26.3 Å². The molecule has 2 amide bonds. The molecule has 0 radical (unpaired) electrons. The Hall–Kier alpha value is -2.28. The number of benzene rings is 1. The molecule has 0 bridgehead atoms. The third-order valence-corrected chi connectivity index (χ3v) is 3.92. The number of thioether (sulfide) groups is 1. The van der Waals surface area contributed by atoms with E-state index in [0.717, 1.165) is 28.0 Å². The minimum atomic E-state index is -0.601. The fourth-order valence-corrected chi connectivity index (χ4v) is 2.88. The van der Waals surface area contributed by atoms with Gasteiger partial charge in [-0.1, -0.05) is 12.1 Å². The van der Waals surface area contributed by atoms with E-state index in [1.807, 2.05) is 13.8 Å². The van der Waals surface area contributed by atoms with Crippen LogP contribution in [-0.2, 0) is 14.3 Å². The Bertz CT molecular complexity index is 666. The summed E-state index contributed by atoms with van der Waals surface area (Å²) in [6.07, 6.45) is 1.70. The van der Waals surface area contributed by atoms with Crippen LogP contribution < -0.4 is 4.74 Å². The minimum absolute atomic E-state index is 0.0789. The number of rotatable bonds is 6. The van der Waals surface area contributed by atoms with Gasteiger partial charge in [0.05, 0.1) is 17.6 Å². The number of carbonyl (C=O) groups is 3. The van der Waals surface area contributed by atoms with Gasteiger partial charge in [0.1, 0.15) is 12.3 Å². The average Bonchev–Trinajstić information content (AvgIpc) is 2.77. The molecule has 1 aromatic rings. The summed E-state index contributed by atoms with van der Waals surface area (Å²) in [7, 11) is 0. The molecule has 128 valence electrons. The molecular formula is C17H19NO5S. The first-order chi connectivity index (χ1) is 11.4. The number of esters is 1. The van der Waals surface area contributed by atoms with Crippen LogP contribution in [0.2, 0.25) is 0 Å². The van der Waals surface area contributed by atoms with Crippen molar-refractivity contribution in [2.75, 3.05) is 13.2 Å². The molecule has 1 fully saturated rings. The third kappa shape index (κ3) is 4.61. The number of hydrogen-bond donors (Lipinski definition) is 0. The number of carbonyl (C=O) groups excluding carboxylic acids is 3. The molecule has 6 nitrogen and oxygen atoms in total. The highest BCUT2D eigenvalue weighted by Crippen LogP contribution is 2.32. The number of hydrogen-bond acceptors (Lipinski definition) is 6. The van der Waals surface area contributed by atoms with Gasteiger partial charge in [0.2, 0.25) is 0 Å². The molecule has 1 aromatic carbocycles. The largest absolute Gasteiger partial charge is 0.491 e. The molecule has 1 heterocycles. The number of nitrogens with zero attached hydrogens (tertiary/aromatic N) is 1. The Morgan fingerprint density at radius 2 is 1.92 bits per heavy atom. The van der Waals surface area contributed by atoms with E-state index in [2.05, 4.69) is 0 Å². The van der Waals surface area contributed by atoms with Gasteiger partial charge in [0.15, 0.2) is 0 Å². The second-order valence-corrected chi connectivity index (χ2v) is 6.30. The predicted octanol–water partition coefficient (Wildman–Crippen LogP) is 3.07. The van der Waals surface area contributed by atoms with Crippen LogP contribution in [0.25, 0.3) is 6.08 Å². The van der Waals surface area contributed by atoms with E-state index in [1.54, 1.807) is 37.3 Å². The lowest BCUT2D eigenvalue weighted by Gasteiger charge is -2.10. The summed E-state index contributed by atoms with van der Waals surface area (Å²) in [4.78, 5) is 36.8. The number of ether oxygens (including phenoxy) is 2. The summed E-state index contributed by atoms with van der Waals surface area (Å²) in [5.41, 5.74) is 0.771. The van der Waals surface area contributed by atoms with E-state index in [-0.39, 0.29) is 24.2 Å². The zero-order chi connectivity index (χ0) is 17.7. The Morgan fingerprint density at radius 3 is 2.50 bits per heavy atom. The summed E-state index contributed by atoms with van der Waals surface area (Å²) in [5, 5.41) is -0.473. The lowest BCUT2D eigenvalue weighted by molar-refractivity contribution is -0.145. The Balaban J connectivity index is 2.09. The van der Waals surface area contributed by atoms with Crippen LogP contribution in [0.3, 0.4) is 0 Å². The van der Waals surface area contributed by atoms with Crippen LogP contribution in [0.15, 0.2) is 29.2 Å². The summed E-state index contributed by atoms with van der Waals surface area (Å²) in [6, 6.07) is 7.21. The summed E-state index contributed by atoms with van der Waals surface area (Å²) in [5.74, 6) is -0.352. The van der Waals surface area contributed by atoms with Crippen LogP contribution in [-0.4, -0.2) is 41.3 Å². The average molecular weight is 349 g/mol. The van der Waals surface area contributed by atoms with Gasteiger partial charge in [-0.2, -0.15) is 0 Å². The SMILES string of the molecule is CCOC(=O)CN1C(=O)S/C(=C\c2ccc(OC(C)C)cc2)C1=O. The van der Waals surface area contributed by atoms with Crippen molar-refractivity contribution >= 4 is 35.0 Å². The van der Waals surface area contributed by atoms with Crippen molar-refractivity contribution in [2.45, 2.75) is 26.9 Å². The lowest BCUT2D eigenvalue weighted by atomic mass is 10.2. The fourth-order valence-electron chi connectivity index (χ4n) is 2.04. The fraction of sp³-hybridized carbons (Fsp3) is 0.353. The molecule has 0 saturated carbocycles. The lowest BCUT2D eigenvalue weighted by Crippen LogP contribution is -2.34. The Kier molecular flexibility index (Phi) is 6.03. The summed E-state index contributed by atoms with van der Waals surface area (Å²) >= 11 is 0.811. The smallest absolute Gasteiger partial charge is 0.326 e. The van der Waals surface area contributed by atoms with Gasteiger partial charge < -0.3 is 9.47 Å². The van der Waals surface area contributed by atoms with Crippen LogP contribution >= 0.6 is 11.8 Å². The Morgan fingerprint density at radius 1 is 1.25 bits per heavy atom. The molecule has 1 saturated heterocycles. The standard InChI is InChI=1S/C17H19NO5S/c1-4-22-15(19)10-18-16(20)14(24-17(18)21)9-12-5-7-13(8-6-12)23-11(2)3/h5-9,11H,4,10H2,1-3H3/b14-9-. The van der Waals surface area contributed by atoms with Crippen molar-refractivity contribution in [1.82, 2.24) is 4.90 Å². The van der Waals surface area contributed by atoms with Crippen LogP contribution in [0.4, 0.5) is 4.79 Å². The van der Waals surface area contributed by atoms with Gasteiger partial charge in [0, 0.05) is 0 Å². The highest BCUT2D eigenvalue weighted by atomic mass is 32.2. The van der Waals surface area contributed by atoms with Gasteiger partial charge in [-0.25, -0.2) is 0 Å².